The molecule has 98 valence electrons. The van der Waals surface area contributed by atoms with Crippen LogP contribution in [0.1, 0.15) is 20.8 Å². The van der Waals surface area contributed by atoms with Gasteiger partial charge in [0.2, 0.25) is 5.91 Å². The van der Waals surface area contributed by atoms with Crippen molar-refractivity contribution in [1.82, 2.24) is 4.98 Å². The van der Waals surface area contributed by atoms with Crippen molar-refractivity contribution >= 4 is 45.0 Å². The second kappa shape index (κ2) is 5.46. The van der Waals surface area contributed by atoms with Gasteiger partial charge in [0, 0.05) is 16.2 Å². The minimum Gasteiger partial charge on any atom is -0.366 e. The molecule has 1 aromatic heterocycles. The zero-order chi connectivity index (χ0) is 14.0. The predicted octanol–water partition coefficient (Wildman–Crippen LogP) is 2.78. The first-order valence-electron chi connectivity index (χ1n) is 5.22. The Kier molecular flexibility index (Phi) is 3.92. The third kappa shape index (κ3) is 3.15. The Bertz CT molecular complexity index is 654. The van der Waals surface area contributed by atoms with Crippen molar-refractivity contribution in [3.05, 3.63) is 51.2 Å². The normalized spacial score (nSPS) is 10.2. The standard InChI is InChI=1S/C12H9BrClN3O2/c13-7-4-10(16-5-7)12(19)17-9-3-6(11(15)18)1-2-8(9)14/h1-5,16H,(H2,15,18)(H,17,19). The van der Waals surface area contributed by atoms with E-state index < -0.39 is 5.91 Å². The van der Waals surface area contributed by atoms with Gasteiger partial charge >= 0.3 is 0 Å². The van der Waals surface area contributed by atoms with Gasteiger partial charge < -0.3 is 16.0 Å². The number of anilines is 1. The summed E-state index contributed by atoms with van der Waals surface area (Å²) in [6.07, 6.45) is 1.64. The fourth-order valence-electron chi connectivity index (χ4n) is 1.46. The van der Waals surface area contributed by atoms with Crippen LogP contribution in [-0.2, 0) is 0 Å². The van der Waals surface area contributed by atoms with E-state index in [0.29, 0.717) is 16.4 Å². The molecular weight excluding hydrogens is 334 g/mol. The van der Waals surface area contributed by atoms with Crippen LogP contribution in [0.5, 0.6) is 0 Å². The van der Waals surface area contributed by atoms with Gasteiger partial charge in [-0.3, -0.25) is 9.59 Å². The molecule has 5 nitrogen and oxygen atoms in total. The lowest BCUT2D eigenvalue weighted by Gasteiger charge is -2.07. The Morgan fingerprint density at radius 2 is 2.05 bits per heavy atom. The van der Waals surface area contributed by atoms with Crippen molar-refractivity contribution in [3.8, 4) is 0 Å². The maximum Gasteiger partial charge on any atom is 0.272 e. The highest BCUT2D eigenvalue weighted by molar-refractivity contribution is 9.10. The number of rotatable bonds is 3. The Labute approximate surface area is 122 Å². The number of hydrogen-bond donors (Lipinski definition) is 3. The van der Waals surface area contributed by atoms with Gasteiger partial charge in [-0.05, 0) is 40.2 Å². The Hall–Kier alpha value is -1.79. The molecule has 0 aliphatic rings. The van der Waals surface area contributed by atoms with E-state index in [0.717, 1.165) is 4.47 Å². The number of benzene rings is 1. The van der Waals surface area contributed by atoms with Crippen molar-refractivity contribution in [3.63, 3.8) is 0 Å². The number of hydrogen-bond acceptors (Lipinski definition) is 2. The minimum absolute atomic E-state index is 0.271. The number of primary amides is 1. The summed E-state index contributed by atoms with van der Waals surface area (Å²) in [6, 6.07) is 6.05. The molecule has 1 heterocycles. The Balaban J connectivity index is 2.25. The van der Waals surface area contributed by atoms with Crippen molar-refractivity contribution in [2.24, 2.45) is 5.73 Å². The maximum absolute atomic E-state index is 11.9. The largest absolute Gasteiger partial charge is 0.366 e. The number of halogens is 2. The molecule has 0 aliphatic carbocycles. The van der Waals surface area contributed by atoms with Crippen LogP contribution in [0.3, 0.4) is 0 Å². The summed E-state index contributed by atoms with van der Waals surface area (Å²) in [5, 5.41) is 2.93. The summed E-state index contributed by atoms with van der Waals surface area (Å²) in [4.78, 5) is 25.8. The number of nitrogens with one attached hydrogen (secondary N) is 2. The van der Waals surface area contributed by atoms with E-state index in [4.69, 9.17) is 17.3 Å². The van der Waals surface area contributed by atoms with Crippen molar-refractivity contribution in [2.45, 2.75) is 0 Å². The molecule has 19 heavy (non-hydrogen) atoms. The predicted molar refractivity (Wildman–Crippen MR) is 76.4 cm³/mol. The lowest BCUT2D eigenvalue weighted by molar-refractivity contribution is 0.0995. The van der Waals surface area contributed by atoms with E-state index in [9.17, 15) is 9.59 Å². The fourth-order valence-corrected chi connectivity index (χ4v) is 1.97. The van der Waals surface area contributed by atoms with E-state index in [1.165, 1.54) is 18.2 Å². The Morgan fingerprint density at radius 1 is 1.32 bits per heavy atom. The highest BCUT2D eigenvalue weighted by Gasteiger charge is 2.12. The molecule has 1 aromatic carbocycles. The lowest BCUT2D eigenvalue weighted by atomic mass is 10.2. The number of H-pyrrole nitrogens is 1. The zero-order valence-corrected chi connectivity index (χ0v) is 11.9. The topological polar surface area (TPSA) is 88.0 Å². The second-order valence-electron chi connectivity index (χ2n) is 3.74. The van der Waals surface area contributed by atoms with Crippen molar-refractivity contribution in [2.75, 3.05) is 5.32 Å². The van der Waals surface area contributed by atoms with Crippen LogP contribution in [0.25, 0.3) is 0 Å². The van der Waals surface area contributed by atoms with Gasteiger partial charge in [0.05, 0.1) is 10.7 Å². The van der Waals surface area contributed by atoms with Crippen LogP contribution in [-0.4, -0.2) is 16.8 Å². The average Bonchev–Trinajstić information content (AvgIpc) is 2.78. The smallest absolute Gasteiger partial charge is 0.272 e. The molecule has 0 saturated carbocycles. The molecule has 2 aromatic rings. The van der Waals surface area contributed by atoms with Gasteiger partial charge in [-0.1, -0.05) is 11.6 Å². The monoisotopic (exact) mass is 341 g/mol. The molecule has 7 heteroatoms. The summed E-state index contributed by atoms with van der Waals surface area (Å²) < 4.78 is 0.759. The molecule has 2 rings (SSSR count). The fraction of sp³-hybridized carbons (Fsp3) is 0. The number of carbonyl (C=O) groups is 2. The number of amides is 2. The summed E-state index contributed by atoms with van der Waals surface area (Å²) in [5.74, 6) is -0.955. The minimum atomic E-state index is -0.588. The first-order valence-corrected chi connectivity index (χ1v) is 6.39. The lowest BCUT2D eigenvalue weighted by Crippen LogP contribution is -2.15. The molecule has 0 unspecified atom stereocenters. The van der Waals surface area contributed by atoms with Crippen LogP contribution < -0.4 is 11.1 Å². The van der Waals surface area contributed by atoms with Crippen molar-refractivity contribution < 1.29 is 9.59 Å². The molecule has 0 radical (unpaired) electrons. The highest BCUT2D eigenvalue weighted by atomic mass is 79.9. The molecule has 4 N–H and O–H groups in total. The molecule has 0 bridgehead atoms. The molecule has 0 aliphatic heterocycles. The SMILES string of the molecule is NC(=O)c1ccc(Cl)c(NC(=O)c2cc(Br)c[nH]2)c1. The van der Waals surface area contributed by atoms with Gasteiger partial charge in [-0.2, -0.15) is 0 Å². The van der Waals surface area contributed by atoms with Gasteiger partial charge in [0.15, 0.2) is 0 Å². The van der Waals surface area contributed by atoms with Gasteiger partial charge in [0.1, 0.15) is 5.69 Å². The zero-order valence-electron chi connectivity index (χ0n) is 9.54. The summed E-state index contributed by atoms with van der Waals surface area (Å²) in [6.45, 7) is 0. The molecule has 0 atom stereocenters. The van der Waals surface area contributed by atoms with Crippen LogP contribution in [0.2, 0.25) is 5.02 Å². The molecule has 2 amide bonds. The van der Waals surface area contributed by atoms with Gasteiger partial charge in [-0.25, -0.2) is 0 Å². The first-order chi connectivity index (χ1) is 8.97. The van der Waals surface area contributed by atoms with Crippen molar-refractivity contribution in [1.29, 1.82) is 0 Å². The third-order valence-electron chi connectivity index (χ3n) is 2.39. The van der Waals surface area contributed by atoms with E-state index >= 15 is 0 Å². The first kappa shape index (κ1) is 13.6. The number of aromatic amines is 1. The second-order valence-corrected chi connectivity index (χ2v) is 5.07. The third-order valence-corrected chi connectivity index (χ3v) is 3.18. The summed E-state index contributed by atoms with van der Waals surface area (Å²) >= 11 is 9.18. The molecule has 0 spiro atoms. The van der Waals surface area contributed by atoms with Crippen LogP contribution in [0.4, 0.5) is 5.69 Å². The van der Waals surface area contributed by atoms with Crippen LogP contribution in [0, 0.1) is 0 Å². The van der Waals surface area contributed by atoms with E-state index in [2.05, 4.69) is 26.2 Å². The number of nitrogens with two attached hydrogens (primary N) is 1. The van der Waals surface area contributed by atoms with Crippen LogP contribution in [0.15, 0.2) is 34.9 Å². The van der Waals surface area contributed by atoms with Gasteiger partial charge in [-0.15, -0.1) is 0 Å². The molecule has 0 fully saturated rings. The number of aromatic nitrogens is 1. The summed E-state index contributed by atoms with van der Waals surface area (Å²) in [5.41, 5.74) is 6.14. The highest BCUT2D eigenvalue weighted by Crippen LogP contribution is 2.23. The van der Waals surface area contributed by atoms with E-state index in [-0.39, 0.29) is 11.5 Å². The van der Waals surface area contributed by atoms with E-state index in [1.807, 2.05) is 0 Å². The molecule has 0 saturated heterocycles. The Morgan fingerprint density at radius 3 is 2.63 bits per heavy atom. The number of carbonyl (C=O) groups excluding carboxylic acids is 2. The molecular formula is C12H9BrClN3O2. The maximum atomic E-state index is 11.9. The quantitative estimate of drug-likeness (QED) is 0.801. The van der Waals surface area contributed by atoms with Crippen LogP contribution >= 0.6 is 27.5 Å². The average molecular weight is 343 g/mol. The van der Waals surface area contributed by atoms with Gasteiger partial charge in [0.25, 0.3) is 5.91 Å². The van der Waals surface area contributed by atoms with E-state index in [1.54, 1.807) is 12.3 Å². The summed E-state index contributed by atoms with van der Waals surface area (Å²) in [7, 11) is 0.